The van der Waals surface area contributed by atoms with E-state index in [1.807, 2.05) is 0 Å². The second-order valence-electron chi connectivity index (χ2n) is 1.61. The van der Waals surface area contributed by atoms with Gasteiger partial charge in [0, 0.05) is 6.07 Å². The molecule has 1 heterocycles. The molecule has 0 aliphatic heterocycles. The fraction of sp³-hybridized carbons (Fsp3) is 0.200. The number of aromatic nitrogens is 1. The summed E-state index contributed by atoms with van der Waals surface area (Å²) in [6.45, 7) is 0. The lowest BCUT2D eigenvalue weighted by atomic mass is 10.4. The van der Waals surface area contributed by atoms with E-state index in [-0.39, 0.29) is 11.6 Å². The largest absolute Gasteiger partial charge is 0.463 e. The number of hydrogen-bond donors (Lipinski definition) is 1. The molecule has 0 saturated carbocycles. The van der Waals surface area contributed by atoms with Crippen LogP contribution in [0.25, 0.3) is 0 Å². The molecule has 0 amide bonds. The Morgan fingerprint density at radius 2 is 2.60 bits per heavy atom. The summed E-state index contributed by atoms with van der Waals surface area (Å²) in [5.74, 6) is -0.399. The third-order valence-electron chi connectivity index (χ3n) is 0.915. The van der Waals surface area contributed by atoms with Crippen LogP contribution in [0.3, 0.4) is 0 Å². The molecular formula is C5H6N2O3. The molecule has 5 heteroatoms. The van der Waals surface area contributed by atoms with Crippen molar-refractivity contribution < 1.29 is 14.1 Å². The predicted molar refractivity (Wildman–Crippen MR) is 32.3 cm³/mol. The van der Waals surface area contributed by atoms with E-state index < -0.39 is 5.97 Å². The van der Waals surface area contributed by atoms with E-state index in [0.29, 0.717) is 0 Å². The molecule has 0 aliphatic carbocycles. The van der Waals surface area contributed by atoms with E-state index in [4.69, 9.17) is 5.73 Å². The molecule has 0 aromatic carbocycles. The van der Waals surface area contributed by atoms with E-state index in [0.717, 1.165) is 0 Å². The molecule has 1 aromatic heterocycles. The van der Waals surface area contributed by atoms with Crippen molar-refractivity contribution in [1.82, 2.24) is 5.16 Å². The zero-order valence-electron chi connectivity index (χ0n) is 5.33. The first-order valence-corrected chi connectivity index (χ1v) is 2.54. The zero-order valence-corrected chi connectivity index (χ0v) is 5.33. The molecule has 0 fully saturated rings. The molecule has 10 heavy (non-hydrogen) atoms. The number of nitrogens with zero attached hydrogens (tertiary/aromatic N) is 1. The molecule has 0 radical (unpaired) electrons. The van der Waals surface area contributed by atoms with E-state index >= 15 is 0 Å². The van der Waals surface area contributed by atoms with Gasteiger partial charge in [-0.3, -0.25) is 0 Å². The average Bonchev–Trinajstić information content (AvgIpc) is 2.34. The van der Waals surface area contributed by atoms with E-state index in [9.17, 15) is 4.79 Å². The minimum Gasteiger partial charge on any atom is -0.463 e. The summed E-state index contributed by atoms with van der Waals surface area (Å²) in [6, 6.07) is 1.30. The summed E-state index contributed by atoms with van der Waals surface area (Å²) in [5, 5.41) is 3.29. The van der Waals surface area contributed by atoms with Crippen molar-refractivity contribution in [3.05, 3.63) is 11.8 Å². The van der Waals surface area contributed by atoms with Gasteiger partial charge in [-0.05, 0) is 0 Å². The fourth-order valence-electron chi connectivity index (χ4n) is 0.486. The van der Waals surface area contributed by atoms with Crippen LogP contribution in [-0.4, -0.2) is 18.2 Å². The topological polar surface area (TPSA) is 78.4 Å². The highest BCUT2D eigenvalue weighted by Crippen LogP contribution is 2.04. The Hall–Kier alpha value is -1.52. The van der Waals surface area contributed by atoms with Crippen LogP contribution in [0.1, 0.15) is 10.6 Å². The van der Waals surface area contributed by atoms with Gasteiger partial charge >= 0.3 is 5.97 Å². The lowest BCUT2D eigenvalue weighted by Crippen LogP contribution is -1.98. The Balaban J connectivity index is 2.85. The maximum Gasteiger partial charge on any atom is 0.376 e. The van der Waals surface area contributed by atoms with Gasteiger partial charge in [-0.2, -0.15) is 0 Å². The van der Waals surface area contributed by atoms with Crippen molar-refractivity contribution in [3.8, 4) is 0 Å². The molecule has 0 saturated heterocycles. The first kappa shape index (κ1) is 6.60. The highest BCUT2D eigenvalue weighted by Gasteiger charge is 2.10. The van der Waals surface area contributed by atoms with Gasteiger partial charge < -0.3 is 15.0 Å². The molecule has 0 spiro atoms. The minimum absolute atomic E-state index is 0.0139. The summed E-state index contributed by atoms with van der Waals surface area (Å²) < 4.78 is 8.79. The molecule has 0 bridgehead atoms. The number of hydrogen-bond acceptors (Lipinski definition) is 5. The van der Waals surface area contributed by atoms with Crippen LogP contribution in [0.15, 0.2) is 10.6 Å². The molecule has 1 rings (SSSR count). The van der Waals surface area contributed by atoms with Gasteiger partial charge in [0.1, 0.15) is 0 Å². The van der Waals surface area contributed by atoms with Crippen molar-refractivity contribution >= 4 is 11.8 Å². The summed E-state index contributed by atoms with van der Waals surface area (Å²) >= 11 is 0. The normalized spacial score (nSPS) is 9.30. The maximum absolute atomic E-state index is 10.6. The molecule has 0 unspecified atom stereocenters. The van der Waals surface area contributed by atoms with Crippen LogP contribution in [0.5, 0.6) is 0 Å². The lowest BCUT2D eigenvalue weighted by Gasteiger charge is -1.88. The zero-order chi connectivity index (χ0) is 7.56. The van der Waals surface area contributed by atoms with Crippen molar-refractivity contribution in [2.24, 2.45) is 0 Å². The monoisotopic (exact) mass is 142 g/mol. The SMILES string of the molecule is COC(=O)c1cc(N)no1. The second kappa shape index (κ2) is 2.38. The van der Waals surface area contributed by atoms with Crippen LogP contribution in [0.4, 0.5) is 5.82 Å². The summed E-state index contributed by atoms with van der Waals surface area (Å²) in [4.78, 5) is 10.6. The Bertz CT molecular complexity index is 243. The number of carbonyl (C=O) groups is 1. The maximum atomic E-state index is 10.6. The average molecular weight is 142 g/mol. The van der Waals surface area contributed by atoms with Gasteiger partial charge in [0.2, 0.25) is 5.76 Å². The molecular weight excluding hydrogens is 136 g/mol. The first-order chi connectivity index (χ1) is 4.74. The van der Waals surface area contributed by atoms with Crippen molar-refractivity contribution in [2.75, 3.05) is 12.8 Å². The molecule has 54 valence electrons. The number of ether oxygens (including phenoxy) is 1. The number of anilines is 1. The summed E-state index contributed by atoms with van der Waals surface area (Å²) in [5.41, 5.74) is 5.16. The van der Waals surface area contributed by atoms with E-state index in [1.54, 1.807) is 0 Å². The van der Waals surface area contributed by atoms with Crippen LogP contribution in [0, 0.1) is 0 Å². The predicted octanol–water partition coefficient (Wildman–Crippen LogP) is 0.0434. The van der Waals surface area contributed by atoms with Crippen molar-refractivity contribution in [1.29, 1.82) is 0 Å². The van der Waals surface area contributed by atoms with Gasteiger partial charge in [-0.25, -0.2) is 4.79 Å². The number of rotatable bonds is 1. The molecule has 0 atom stereocenters. The Morgan fingerprint density at radius 3 is 3.00 bits per heavy atom. The highest BCUT2D eigenvalue weighted by molar-refractivity contribution is 5.86. The third kappa shape index (κ3) is 1.07. The van der Waals surface area contributed by atoms with Gasteiger partial charge in [0.05, 0.1) is 7.11 Å². The Labute approximate surface area is 56.7 Å². The molecule has 1 aromatic rings. The van der Waals surface area contributed by atoms with Gasteiger partial charge in [0.25, 0.3) is 0 Å². The minimum atomic E-state index is -0.579. The quantitative estimate of drug-likeness (QED) is 0.560. The van der Waals surface area contributed by atoms with Gasteiger partial charge in [0.15, 0.2) is 5.82 Å². The second-order valence-corrected chi connectivity index (χ2v) is 1.61. The lowest BCUT2D eigenvalue weighted by molar-refractivity contribution is 0.0555. The van der Waals surface area contributed by atoms with E-state index in [2.05, 4.69) is 14.4 Å². The van der Waals surface area contributed by atoms with Crippen molar-refractivity contribution in [3.63, 3.8) is 0 Å². The standard InChI is InChI=1S/C5H6N2O3/c1-9-5(8)3-2-4(6)7-10-3/h2H,1H3,(H2,6,7). The number of nitrogens with two attached hydrogens (primary N) is 1. The smallest absolute Gasteiger partial charge is 0.376 e. The molecule has 5 nitrogen and oxygen atoms in total. The fourth-order valence-corrected chi connectivity index (χ4v) is 0.486. The Morgan fingerprint density at radius 1 is 1.90 bits per heavy atom. The molecule has 0 aliphatic rings. The summed E-state index contributed by atoms with van der Waals surface area (Å²) in [7, 11) is 1.25. The van der Waals surface area contributed by atoms with Crippen LogP contribution >= 0.6 is 0 Å². The number of esters is 1. The van der Waals surface area contributed by atoms with Crippen LogP contribution < -0.4 is 5.73 Å². The van der Waals surface area contributed by atoms with E-state index in [1.165, 1.54) is 13.2 Å². The third-order valence-corrected chi connectivity index (χ3v) is 0.915. The summed E-state index contributed by atoms with van der Waals surface area (Å²) in [6.07, 6.45) is 0. The van der Waals surface area contributed by atoms with Crippen LogP contribution in [0.2, 0.25) is 0 Å². The van der Waals surface area contributed by atoms with Gasteiger partial charge in [-0.1, -0.05) is 5.16 Å². The van der Waals surface area contributed by atoms with Gasteiger partial charge in [-0.15, -0.1) is 0 Å². The van der Waals surface area contributed by atoms with Crippen LogP contribution in [-0.2, 0) is 4.74 Å². The number of nitrogen functional groups attached to an aromatic ring is 1. The molecule has 2 N–H and O–H groups in total. The Kier molecular flexibility index (Phi) is 1.57. The number of methoxy groups -OCH3 is 1. The first-order valence-electron chi connectivity index (χ1n) is 2.54. The highest BCUT2D eigenvalue weighted by atomic mass is 16.5. The van der Waals surface area contributed by atoms with Crippen molar-refractivity contribution in [2.45, 2.75) is 0 Å². The number of carbonyl (C=O) groups excluding carboxylic acids is 1.